The molecule has 0 amide bonds. The second-order valence-corrected chi connectivity index (χ2v) is 5.87. The summed E-state index contributed by atoms with van der Waals surface area (Å²) in [7, 11) is 0. The summed E-state index contributed by atoms with van der Waals surface area (Å²) in [5.74, 6) is -0.433. The molecule has 1 N–H and O–H groups in total. The van der Waals surface area contributed by atoms with Gasteiger partial charge in [-0.15, -0.1) is 0 Å². The number of aromatic nitrogens is 2. The number of rotatable bonds is 3. The van der Waals surface area contributed by atoms with Crippen LogP contribution in [0.2, 0.25) is 0 Å². The predicted molar refractivity (Wildman–Crippen MR) is 86.9 cm³/mol. The van der Waals surface area contributed by atoms with Crippen LogP contribution in [0, 0.1) is 0 Å². The van der Waals surface area contributed by atoms with Gasteiger partial charge in [-0.05, 0) is 23.5 Å². The Kier molecular flexibility index (Phi) is 4.14. The number of hydrogen-bond acceptors (Lipinski definition) is 4. The summed E-state index contributed by atoms with van der Waals surface area (Å²) in [6, 6.07) is 8.31. The minimum atomic E-state index is -1.04. The molecule has 3 rings (SSSR count). The maximum atomic E-state index is 12.5. The van der Waals surface area contributed by atoms with Crippen molar-refractivity contribution in [3.8, 4) is 0 Å². The Bertz CT molecular complexity index is 785. The fraction of sp³-hybridized carbons (Fsp3) is 0.353. The van der Waals surface area contributed by atoms with Crippen molar-refractivity contribution in [1.82, 2.24) is 9.55 Å². The van der Waals surface area contributed by atoms with E-state index in [1.807, 2.05) is 17.0 Å². The molecule has 6 nitrogen and oxygen atoms in total. The third-order valence-electron chi connectivity index (χ3n) is 4.23. The predicted octanol–water partition coefficient (Wildman–Crippen LogP) is 1.49. The fourth-order valence-corrected chi connectivity index (χ4v) is 3.13. The lowest BCUT2D eigenvalue weighted by atomic mass is 9.96. The Morgan fingerprint density at radius 2 is 2.17 bits per heavy atom. The van der Waals surface area contributed by atoms with Gasteiger partial charge in [-0.3, -0.25) is 14.2 Å². The van der Waals surface area contributed by atoms with E-state index in [1.54, 1.807) is 0 Å². The molecule has 0 saturated carbocycles. The Morgan fingerprint density at radius 1 is 1.39 bits per heavy atom. The molecule has 1 unspecified atom stereocenters. The average Bonchev–Trinajstić information content (AvgIpc) is 2.69. The topological polar surface area (TPSA) is 75.4 Å². The molecule has 1 aliphatic rings. The third kappa shape index (κ3) is 3.11. The van der Waals surface area contributed by atoms with Crippen molar-refractivity contribution in [3.05, 3.63) is 58.1 Å². The number of anilines is 1. The lowest BCUT2D eigenvalue weighted by Crippen LogP contribution is -2.36. The number of carboxylic acids is 1. The van der Waals surface area contributed by atoms with Gasteiger partial charge in [-0.2, -0.15) is 0 Å². The number of aliphatic carboxylic acids is 1. The van der Waals surface area contributed by atoms with E-state index in [0.717, 1.165) is 6.42 Å². The van der Waals surface area contributed by atoms with Gasteiger partial charge in [0.1, 0.15) is 6.54 Å². The lowest BCUT2D eigenvalue weighted by Gasteiger charge is -2.23. The minimum Gasteiger partial charge on any atom is -0.480 e. The minimum absolute atomic E-state index is 0.281. The summed E-state index contributed by atoms with van der Waals surface area (Å²) in [5, 5.41) is 8.90. The van der Waals surface area contributed by atoms with Gasteiger partial charge in [-0.25, -0.2) is 4.98 Å². The molecule has 23 heavy (non-hydrogen) atoms. The van der Waals surface area contributed by atoms with Crippen molar-refractivity contribution in [3.63, 3.8) is 0 Å². The highest BCUT2D eigenvalue weighted by Crippen LogP contribution is 2.26. The summed E-state index contributed by atoms with van der Waals surface area (Å²) in [5.41, 5.74) is 2.24. The molecular weight excluding hydrogens is 294 g/mol. The molecule has 0 aliphatic carbocycles. The Balaban J connectivity index is 1.92. The standard InChI is InChI=1S/C17H19N3O3/c1-12-10-19(8-6-13-4-2-3-5-14(12)13)16-17(23)20(9-7-18-16)11-15(21)22/h2-5,7,9,12H,6,8,10-11H2,1H3,(H,21,22). The molecule has 1 atom stereocenters. The van der Waals surface area contributed by atoms with Gasteiger partial charge in [0, 0.05) is 25.5 Å². The fourth-order valence-electron chi connectivity index (χ4n) is 3.13. The van der Waals surface area contributed by atoms with Crippen LogP contribution in [-0.2, 0) is 17.8 Å². The highest BCUT2D eigenvalue weighted by atomic mass is 16.4. The first-order chi connectivity index (χ1) is 11.1. The summed E-state index contributed by atoms with van der Waals surface area (Å²) in [6.45, 7) is 3.17. The van der Waals surface area contributed by atoms with E-state index in [1.165, 1.54) is 28.1 Å². The summed E-state index contributed by atoms with van der Waals surface area (Å²) >= 11 is 0. The molecular formula is C17H19N3O3. The average molecular weight is 313 g/mol. The smallest absolute Gasteiger partial charge is 0.323 e. The van der Waals surface area contributed by atoms with E-state index in [-0.39, 0.29) is 18.0 Å². The van der Waals surface area contributed by atoms with Crippen molar-refractivity contribution in [2.24, 2.45) is 0 Å². The van der Waals surface area contributed by atoms with Crippen molar-refractivity contribution >= 4 is 11.8 Å². The number of benzene rings is 1. The van der Waals surface area contributed by atoms with Crippen LogP contribution in [0.5, 0.6) is 0 Å². The number of carboxylic acid groups (broad SMARTS) is 1. The molecule has 1 aromatic heterocycles. The first-order valence-corrected chi connectivity index (χ1v) is 7.66. The first-order valence-electron chi connectivity index (χ1n) is 7.66. The van der Waals surface area contributed by atoms with Crippen LogP contribution >= 0.6 is 0 Å². The number of fused-ring (bicyclic) bond motifs is 1. The van der Waals surface area contributed by atoms with Gasteiger partial charge in [0.15, 0.2) is 5.82 Å². The van der Waals surface area contributed by atoms with Gasteiger partial charge < -0.3 is 10.0 Å². The van der Waals surface area contributed by atoms with Crippen molar-refractivity contribution < 1.29 is 9.90 Å². The van der Waals surface area contributed by atoms with Crippen LogP contribution in [0.4, 0.5) is 5.82 Å². The molecule has 0 saturated heterocycles. The van der Waals surface area contributed by atoms with E-state index in [2.05, 4.69) is 24.0 Å². The highest BCUT2D eigenvalue weighted by molar-refractivity contribution is 5.66. The summed E-state index contributed by atoms with van der Waals surface area (Å²) < 4.78 is 1.19. The van der Waals surface area contributed by atoms with Gasteiger partial charge >= 0.3 is 5.97 Å². The Labute approximate surface area is 134 Å². The summed E-state index contributed by atoms with van der Waals surface area (Å²) in [4.78, 5) is 29.5. The molecule has 1 aliphatic heterocycles. The van der Waals surface area contributed by atoms with Crippen molar-refractivity contribution in [1.29, 1.82) is 0 Å². The molecule has 0 fully saturated rings. The van der Waals surface area contributed by atoms with Crippen molar-refractivity contribution in [2.45, 2.75) is 25.8 Å². The molecule has 0 radical (unpaired) electrons. The van der Waals surface area contributed by atoms with Crippen LogP contribution in [-0.4, -0.2) is 33.7 Å². The van der Waals surface area contributed by atoms with Crippen molar-refractivity contribution in [2.75, 3.05) is 18.0 Å². The van der Waals surface area contributed by atoms with E-state index in [4.69, 9.17) is 5.11 Å². The molecule has 2 heterocycles. The monoisotopic (exact) mass is 313 g/mol. The van der Waals surface area contributed by atoms with E-state index in [0.29, 0.717) is 18.9 Å². The maximum Gasteiger partial charge on any atom is 0.323 e. The van der Waals surface area contributed by atoms with Gasteiger partial charge in [0.25, 0.3) is 5.56 Å². The quantitative estimate of drug-likeness (QED) is 0.929. The second kappa shape index (κ2) is 6.24. The molecule has 120 valence electrons. The molecule has 6 heteroatoms. The largest absolute Gasteiger partial charge is 0.480 e. The number of carbonyl (C=O) groups is 1. The van der Waals surface area contributed by atoms with E-state index in [9.17, 15) is 9.59 Å². The normalized spacial score (nSPS) is 17.4. The van der Waals surface area contributed by atoms with Crippen LogP contribution < -0.4 is 10.5 Å². The zero-order valence-electron chi connectivity index (χ0n) is 13.0. The van der Waals surface area contributed by atoms with E-state index < -0.39 is 5.97 Å². The first kappa shape index (κ1) is 15.3. The zero-order chi connectivity index (χ0) is 16.4. The Morgan fingerprint density at radius 3 is 2.96 bits per heavy atom. The lowest BCUT2D eigenvalue weighted by molar-refractivity contribution is -0.137. The molecule has 2 aromatic rings. The Hall–Kier alpha value is -2.63. The summed E-state index contributed by atoms with van der Waals surface area (Å²) in [6.07, 6.45) is 3.74. The maximum absolute atomic E-state index is 12.5. The number of hydrogen-bond donors (Lipinski definition) is 1. The van der Waals surface area contributed by atoms with Crippen LogP contribution in [0.1, 0.15) is 24.0 Å². The molecule has 1 aromatic carbocycles. The highest BCUT2D eigenvalue weighted by Gasteiger charge is 2.22. The van der Waals surface area contributed by atoms with Gasteiger partial charge in [0.2, 0.25) is 0 Å². The van der Waals surface area contributed by atoms with Crippen LogP contribution in [0.3, 0.4) is 0 Å². The SMILES string of the molecule is CC1CN(c2nccn(CC(=O)O)c2=O)CCc2ccccc21. The van der Waals surface area contributed by atoms with Crippen LogP contribution in [0.25, 0.3) is 0 Å². The van der Waals surface area contributed by atoms with E-state index >= 15 is 0 Å². The second-order valence-electron chi connectivity index (χ2n) is 5.87. The van der Waals surface area contributed by atoms with Crippen LogP contribution in [0.15, 0.2) is 41.5 Å². The van der Waals surface area contributed by atoms with Gasteiger partial charge in [0.05, 0.1) is 0 Å². The third-order valence-corrected chi connectivity index (χ3v) is 4.23. The zero-order valence-corrected chi connectivity index (χ0v) is 13.0. The molecule has 0 bridgehead atoms. The number of nitrogens with zero attached hydrogens (tertiary/aromatic N) is 3. The molecule has 0 spiro atoms. The van der Waals surface area contributed by atoms with Gasteiger partial charge in [-0.1, -0.05) is 31.2 Å².